The Labute approximate surface area is 129 Å². The maximum Gasteiger partial charge on any atom is 0.320 e. The molecule has 0 aromatic heterocycles. The summed E-state index contributed by atoms with van der Waals surface area (Å²) in [6, 6.07) is 6.84. The Balaban J connectivity index is 1.81. The highest BCUT2D eigenvalue weighted by Gasteiger charge is 2.25. The third kappa shape index (κ3) is 4.72. The van der Waals surface area contributed by atoms with E-state index in [0.717, 1.165) is 13.0 Å². The van der Waals surface area contributed by atoms with Gasteiger partial charge < -0.3 is 10.1 Å². The van der Waals surface area contributed by atoms with E-state index in [1.165, 1.54) is 0 Å². The topological polar surface area (TPSA) is 58.6 Å². The van der Waals surface area contributed by atoms with Crippen molar-refractivity contribution in [3.8, 4) is 0 Å². The molecule has 0 unspecified atom stereocenters. The summed E-state index contributed by atoms with van der Waals surface area (Å²) in [6.45, 7) is 3.91. The number of likely N-dealkylation sites (tertiary alicyclic amines) is 1. The predicted molar refractivity (Wildman–Crippen MR) is 80.4 cm³/mol. The molecule has 0 bridgehead atoms. The van der Waals surface area contributed by atoms with Crippen LogP contribution in [0.4, 0.5) is 0 Å². The van der Waals surface area contributed by atoms with Gasteiger partial charge in [-0.3, -0.25) is 14.5 Å². The first-order valence-corrected chi connectivity index (χ1v) is 7.40. The SMILES string of the molecule is CCOC(=O)CN1CC[C@@H](NC(=O)c2ccc(Cl)cc2)C1. The lowest BCUT2D eigenvalue weighted by molar-refractivity contribution is -0.144. The highest BCUT2D eigenvalue weighted by molar-refractivity contribution is 6.30. The second-order valence-electron chi connectivity index (χ2n) is 5.01. The number of esters is 1. The van der Waals surface area contributed by atoms with Crippen molar-refractivity contribution in [1.29, 1.82) is 0 Å². The standard InChI is InChI=1S/C15H19ClN2O3/c1-2-21-14(19)10-18-8-7-13(9-18)17-15(20)11-3-5-12(16)6-4-11/h3-6,13H,2,7-10H2,1H3,(H,17,20)/t13-/m1/s1. The Morgan fingerprint density at radius 2 is 2.10 bits per heavy atom. The van der Waals surface area contributed by atoms with E-state index in [1.807, 2.05) is 4.90 Å². The lowest BCUT2D eigenvalue weighted by Crippen LogP contribution is -2.38. The molecule has 1 saturated heterocycles. The lowest BCUT2D eigenvalue weighted by atomic mass is 10.2. The first kappa shape index (κ1) is 15.8. The van der Waals surface area contributed by atoms with E-state index in [0.29, 0.717) is 23.7 Å². The van der Waals surface area contributed by atoms with E-state index in [4.69, 9.17) is 16.3 Å². The zero-order valence-corrected chi connectivity index (χ0v) is 12.7. The summed E-state index contributed by atoms with van der Waals surface area (Å²) < 4.78 is 4.92. The van der Waals surface area contributed by atoms with Crippen molar-refractivity contribution in [3.05, 3.63) is 34.9 Å². The molecule has 0 aliphatic carbocycles. The van der Waals surface area contributed by atoms with Crippen LogP contribution in [0.25, 0.3) is 0 Å². The third-order valence-corrected chi connectivity index (χ3v) is 3.62. The predicted octanol–water partition coefficient (Wildman–Crippen LogP) is 1.71. The summed E-state index contributed by atoms with van der Waals surface area (Å²) in [4.78, 5) is 25.5. The van der Waals surface area contributed by atoms with Gasteiger partial charge in [-0.05, 0) is 37.6 Å². The summed E-state index contributed by atoms with van der Waals surface area (Å²) in [5.41, 5.74) is 0.586. The Bertz CT molecular complexity index is 504. The van der Waals surface area contributed by atoms with Crippen LogP contribution in [0.5, 0.6) is 0 Å². The molecular weight excluding hydrogens is 292 g/mol. The second kappa shape index (κ2) is 7.43. The van der Waals surface area contributed by atoms with Gasteiger partial charge in [-0.2, -0.15) is 0 Å². The molecule has 1 atom stereocenters. The molecule has 21 heavy (non-hydrogen) atoms. The molecule has 1 aliphatic rings. The minimum Gasteiger partial charge on any atom is -0.465 e. The number of hydrogen-bond acceptors (Lipinski definition) is 4. The molecular formula is C15H19ClN2O3. The summed E-state index contributed by atoms with van der Waals surface area (Å²) in [7, 11) is 0. The van der Waals surface area contributed by atoms with Crippen LogP contribution in [-0.4, -0.2) is 49.1 Å². The molecule has 1 N–H and O–H groups in total. The maximum absolute atomic E-state index is 12.1. The van der Waals surface area contributed by atoms with E-state index < -0.39 is 0 Å². The molecule has 1 amide bonds. The molecule has 1 aromatic carbocycles. The van der Waals surface area contributed by atoms with Gasteiger partial charge in [0.25, 0.3) is 5.91 Å². The molecule has 1 fully saturated rings. The van der Waals surface area contributed by atoms with Gasteiger partial charge in [-0.15, -0.1) is 0 Å². The number of ether oxygens (including phenoxy) is 1. The zero-order chi connectivity index (χ0) is 15.2. The lowest BCUT2D eigenvalue weighted by Gasteiger charge is -2.15. The Hall–Kier alpha value is -1.59. The fourth-order valence-electron chi connectivity index (χ4n) is 2.35. The zero-order valence-electron chi connectivity index (χ0n) is 12.0. The number of nitrogens with one attached hydrogen (secondary N) is 1. The van der Waals surface area contributed by atoms with E-state index in [9.17, 15) is 9.59 Å². The van der Waals surface area contributed by atoms with Gasteiger partial charge in [0.2, 0.25) is 0 Å². The molecule has 114 valence electrons. The molecule has 6 heteroatoms. The highest BCUT2D eigenvalue weighted by Crippen LogP contribution is 2.12. The number of hydrogen-bond donors (Lipinski definition) is 1. The number of rotatable bonds is 5. The van der Waals surface area contributed by atoms with Crippen molar-refractivity contribution in [2.45, 2.75) is 19.4 Å². The summed E-state index contributed by atoms with van der Waals surface area (Å²) in [6.07, 6.45) is 0.832. The fourth-order valence-corrected chi connectivity index (χ4v) is 2.48. The molecule has 2 rings (SSSR count). The average Bonchev–Trinajstić information content (AvgIpc) is 2.86. The molecule has 0 saturated carbocycles. The van der Waals surface area contributed by atoms with Crippen LogP contribution in [0.15, 0.2) is 24.3 Å². The van der Waals surface area contributed by atoms with Crippen LogP contribution in [-0.2, 0) is 9.53 Å². The van der Waals surface area contributed by atoms with Crippen LogP contribution in [0.2, 0.25) is 5.02 Å². The quantitative estimate of drug-likeness (QED) is 0.841. The number of carbonyl (C=O) groups excluding carboxylic acids is 2. The smallest absolute Gasteiger partial charge is 0.320 e. The molecule has 1 aliphatic heterocycles. The first-order chi connectivity index (χ1) is 10.1. The molecule has 1 heterocycles. The van der Waals surface area contributed by atoms with Gasteiger partial charge in [0.05, 0.1) is 13.2 Å². The number of amides is 1. The minimum atomic E-state index is -0.220. The van der Waals surface area contributed by atoms with Gasteiger partial charge in [0.1, 0.15) is 0 Å². The van der Waals surface area contributed by atoms with Crippen molar-refractivity contribution in [2.75, 3.05) is 26.2 Å². The highest BCUT2D eigenvalue weighted by atomic mass is 35.5. The molecule has 1 aromatic rings. The van der Waals surface area contributed by atoms with Crippen LogP contribution >= 0.6 is 11.6 Å². The van der Waals surface area contributed by atoms with Gasteiger partial charge in [0, 0.05) is 29.7 Å². The van der Waals surface area contributed by atoms with Crippen LogP contribution in [0.3, 0.4) is 0 Å². The Morgan fingerprint density at radius 3 is 2.76 bits per heavy atom. The van der Waals surface area contributed by atoms with E-state index in [1.54, 1.807) is 31.2 Å². The number of carbonyl (C=O) groups is 2. The van der Waals surface area contributed by atoms with Crippen molar-refractivity contribution >= 4 is 23.5 Å². The summed E-state index contributed by atoms with van der Waals surface area (Å²) in [5.74, 6) is -0.336. The second-order valence-corrected chi connectivity index (χ2v) is 5.44. The molecule has 0 spiro atoms. The number of benzene rings is 1. The first-order valence-electron chi connectivity index (χ1n) is 7.03. The van der Waals surface area contributed by atoms with Crippen molar-refractivity contribution in [1.82, 2.24) is 10.2 Å². The fraction of sp³-hybridized carbons (Fsp3) is 0.467. The van der Waals surface area contributed by atoms with Crippen molar-refractivity contribution < 1.29 is 14.3 Å². The minimum absolute atomic E-state index is 0.0580. The van der Waals surface area contributed by atoms with Gasteiger partial charge in [0.15, 0.2) is 0 Å². The van der Waals surface area contributed by atoms with E-state index >= 15 is 0 Å². The van der Waals surface area contributed by atoms with Gasteiger partial charge >= 0.3 is 5.97 Å². The van der Waals surface area contributed by atoms with Crippen LogP contribution in [0.1, 0.15) is 23.7 Å². The summed E-state index contributed by atoms with van der Waals surface area (Å²) >= 11 is 5.80. The molecule has 0 radical (unpaired) electrons. The van der Waals surface area contributed by atoms with E-state index in [2.05, 4.69) is 5.32 Å². The van der Waals surface area contributed by atoms with E-state index in [-0.39, 0.29) is 24.5 Å². The van der Waals surface area contributed by atoms with Crippen molar-refractivity contribution in [3.63, 3.8) is 0 Å². The molecule has 5 nitrogen and oxygen atoms in total. The Kier molecular flexibility index (Phi) is 5.59. The third-order valence-electron chi connectivity index (χ3n) is 3.37. The van der Waals surface area contributed by atoms with Crippen molar-refractivity contribution in [2.24, 2.45) is 0 Å². The average molecular weight is 311 g/mol. The van der Waals surface area contributed by atoms with Gasteiger partial charge in [-0.25, -0.2) is 0 Å². The number of halogens is 1. The maximum atomic E-state index is 12.1. The van der Waals surface area contributed by atoms with Gasteiger partial charge in [-0.1, -0.05) is 11.6 Å². The largest absolute Gasteiger partial charge is 0.465 e. The summed E-state index contributed by atoms with van der Waals surface area (Å²) in [5, 5.41) is 3.58. The van der Waals surface area contributed by atoms with Crippen LogP contribution < -0.4 is 5.32 Å². The monoisotopic (exact) mass is 310 g/mol. The number of nitrogens with zero attached hydrogens (tertiary/aromatic N) is 1. The van der Waals surface area contributed by atoms with Crippen LogP contribution in [0, 0.1) is 0 Å². The normalized spacial score (nSPS) is 18.5. The Morgan fingerprint density at radius 1 is 1.38 bits per heavy atom.